The molecule has 35 heavy (non-hydrogen) atoms. The molecule has 0 atom stereocenters. The van der Waals surface area contributed by atoms with E-state index in [0.29, 0.717) is 13.0 Å². The van der Waals surface area contributed by atoms with Gasteiger partial charge in [0, 0.05) is 16.5 Å². The van der Waals surface area contributed by atoms with Gasteiger partial charge in [0.15, 0.2) is 0 Å². The van der Waals surface area contributed by atoms with Gasteiger partial charge in [0.25, 0.3) is 0 Å². The van der Waals surface area contributed by atoms with Crippen molar-refractivity contribution in [1.82, 2.24) is 5.43 Å². The Balaban J connectivity index is 1.55. The molecular formula is C30H43BrN2O2. The van der Waals surface area contributed by atoms with Crippen LogP contribution in [-0.4, -0.2) is 12.1 Å². The third-order valence-electron chi connectivity index (χ3n) is 6.11. The number of ether oxygens (including phenoxy) is 1. The molecule has 0 radical (unpaired) electrons. The van der Waals surface area contributed by atoms with Gasteiger partial charge in [-0.2, -0.15) is 5.10 Å². The normalized spacial score (nSPS) is 11.1. The number of hydrazone groups is 1. The van der Waals surface area contributed by atoms with Gasteiger partial charge >= 0.3 is 0 Å². The number of carbonyl (C=O) groups is 1. The molecule has 192 valence electrons. The van der Waals surface area contributed by atoms with E-state index in [1.165, 1.54) is 70.6 Å². The lowest BCUT2D eigenvalue weighted by Crippen LogP contribution is -2.17. The summed E-state index contributed by atoms with van der Waals surface area (Å²) in [5, 5.41) is 4.15. The fourth-order valence-electron chi connectivity index (χ4n) is 4.02. The number of nitrogens with zero attached hydrogens (tertiary/aromatic N) is 1. The summed E-state index contributed by atoms with van der Waals surface area (Å²) in [5.41, 5.74) is 4.57. The Morgan fingerprint density at radius 2 is 1.46 bits per heavy atom. The highest BCUT2D eigenvalue weighted by atomic mass is 79.9. The summed E-state index contributed by atoms with van der Waals surface area (Å²) in [6.45, 7) is 2.75. The van der Waals surface area contributed by atoms with E-state index in [0.717, 1.165) is 34.2 Å². The molecule has 0 aliphatic carbocycles. The third kappa shape index (κ3) is 14.1. The molecule has 5 heteroatoms. The maximum atomic E-state index is 12.1. The first-order valence-corrected chi connectivity index (χ1v) is 14.3. The van der Waals surface area contributed by atoms with Crippen molar-refractivity contribution in [2.45, 2.75) is 103 Å². The lowest BCUT2D eigenvalue weighted by Gasteiger charge is -2.09. The Morgan fingerprint density at radius 3 is 2.09 bits per heavy atom. The predicted molar refractivity (Wildman–Crippen MR) is 151 cm³/mol. The molecule has 0 bridgehead atoms. The molecule has 2 rings (SSSR count). The Bertz CT molecular complexity index is 855. The van der Waals surface area contributed by atoms with Crippen molar-refractivity contribution in [3.8, 4) is 5.75 Å². The lowest BCUT2D eigenvalue weighted by molar-refractivity contribution is -0.121. The van der Waals surface area contributed by atoms with Crippen molar-refractivity contribution >= 4 is 28.1 Å². The van der Waals surface area contributed by atoms with E-state index in [9.17, 15) is 4.79 Å². The van der Waals surface area contributed by atoms with Crippen LogP contribution in [0.15, 0.2) is 58.1 Å². The van der Waals surface area contributed by atoms with E-state index in [1.807, 2.05) is 48.5 Å². The third-order valence-corrected chi connectivity index (χ3v) is 6.60. The standard InChI is InChI=1S/C30H43BrN2O2/c1-2-3-4-5-6-7-8-9-10-11-12-13-17-20-30(34)33-32-24-27-23-28(31)21-22-29(27)35-25-26-18-15-14-16-19-26/h14-16,18-19,21-24H,2-13,17,20,25H2,1H3,(H,33,34)/b32-24-. The second kappa shape index (κ2) is 19.1. The number of unbranched alkanes of at least 4 members (excludes halogenated alkanes) is 12. The minimum absolute atomic E-state index is 0.0360. The maximum Gasteiger partial charge on any atom is 0.240 e. The molecule has 2 aromatic carbocycles. The van der Waals surface area contributed by atoms with Crippen LogP contribution in [0.4, 0.5) is 0 Å². The molecule has 2 aromatic rings. The SMILES string of the molecule is CCCCCCCCCCCCCCCC(=O)N/N=C\c1cc(Br)ccc1OCc1ccccc1. The zero-order chi connectivity index (χ0) is 25.0. The predicted octanol–water partition coefficient (Wildman–Crippen LogP) is 8.96. The van der Waals surface area contributed by atoms with Crippen LogP contribution in [0.1, 0.15) is 108 Å². The fraction of sp³-hybridized carbons (Fsp3) is 0.533. The molecule has 0 unspecified atom stereocenters. The number of rotatable bonds is 19. The second-order valence-corrected chi connectivity index (χ2v) is 10.2. The number of amides is 1. The molecule has 0 saturated carbocycles. The number of nitrogens with one attached hydrogen (secondary N) is 1. The van der Waals surface area contributed by atoms with Gasteiger partial charge in [-0.1, -0.05) is 130 Å². The summed E-state index contributed by atoms with van der Waals surface area (Å²) >= 11 is 3.49. The van der Waals surface area contributed by atoms with Crippen LogP contribution in [0.25, 0.3) is 0 Å². The van der Waals surface area contributed by atoms with Crippen molar-refractivity contribution in [1.29, 1.82) is 0 Å². The van der Waals surface area contributed by atoms with Crippen LogP contribution < -0.4 is 10.2 Å². The summed E-state index contributed by atoms with van der Waals surface area (Å²) in [6.07, 6.45) is 19.1. The maximum absolute atomic E-state index is 12.1. The number of hydrogen-bond donors (Lipinski definition) is 1. The molecule has 0 spiro atoms. The number of benzene rings is 2. The Kier molecular flexibility index (Phi) is 15.9. The van der Waals surface area contributed by atoms with Gasteiger partial charge < -0.3 is 4.74 Å². The average molecular weight is 544 g/mol. The molecule has 0 fully saturated rings. The summed E-state index contributed by atoms with van der Waals surface area (Å²) < 4.78 is 6.90. The Hall–Kier alpha value is -2.14. The van der Waals surface area contributed by atoms with Gasteiger partial charge in [-0.25, -0.2) is 5.43 Å². The molecule has 0 aromatic heterocycles. The number of carbonyl (C=O) groups excluding carboxylic acids is 1. The van der Waals surface area contributed by atoms with Gasteiger partial charge in [-0.05, 0) is 30.2 Å². The number of hydrogen-bond acceptors (Lipinski definition) is 3. The molecule has 0 saturated heterocycles. The van der Waals surface area contributed by atoms with Crippen LogP contribution in [0.3, 0.4) is 0 Å². The van der Waals surface area contributed by atoms with E-state index < -0.39 is 0 Å². The fourth-order valence-corrected chi connectivity index (χ4v) is 4.40. The van der Waals surface area contributed by atoms with Crippen molar-refractivity contribution in [3.05, 3.63) is 64.1 Å². The van der Waals surface area contributed by atoms with E-state index in [2.05, 4.69) is 33.4 Å². The molecule has 1 amide bonds. The van der Waals surface area contributed by atoms with Crippen molar-refractivity contribution < 1.29 is 9.53 Å². The van der Waals surface area contributed by atoms with Crippen LogP contribution in [0, 0.1) is 0 Å². The van der Waals surface area contributed by atoms with E-state index in [-0.39, 0.29) is 5.91 Å². The smallest absolute Gasteiger partial charge is 0.240 e. The molecule has 4 nitrogen and oxygen atoms in total. The minimum atomic E-state index is -0.0360. The van der Waals surface area contributed by atoms with Crippen LogP contribution in [0.2, 0.25) is 0 Å². The lowest BCUT2D eigenvalue weighted by atomic mass is 10.0. The first-order chi connectivity index (χ1) is 17.2. The first-order valence-electron chi connectivity index (χ1n) is 13.5. The van der Waals surface area contributed by atoms with Crippen LogP contribution >= 0.6 is 15.9 Å². The van der Waals surface area contributed by atoms with Crippen molar-refractivity contribution in [2.24, 2.45) is 5.10 Å². The van der Waals surface area contributed by atoms with E-state index >= 15 is 0 Å². The zero-order valence-corrected chi connectivity index (χ0v) is 23.0. The molecule has 1 N–H and O–H groups in total. The molecule has 0 aliphatic rings. The summed E-state index contributed by atoms with van der Waals surface area (Å²) in [7, 11) is 0. The molecular weight excluding hydrogens is 500 g/mol. The van der Waals surface area contributed by atoms with Crippen molar-refractivity contribution in [3.63, 3.8) is 0 Å². The van der Waals surface area contributed by atoms with E-state index in [1.54, 1.807) is 6.21 Å². The van der Waals surface area contributed by atoms with Crippen LogP contribution in [-0.2, 0) is 11.4 Å². The van der Waals surface area contributed by atoms with Gasteiger partial charge in [0.1, 0.15) is 12.4 Å². The minimum Gasteiger partial charge on any atom is -0.488 e. The quantitative estimate of drug-likeness (QED) is 0.109. The Labute approximate surface area is 221 Å². The summed E-state index contributed by atoms with van der Waals surface area (Å²) in [4.78, 5) is 12.1. The van der Waals surface area contributed by atoms with E-state index in [4.69, 9.17) is 4.74 Å². The highest BCUT2D eigenvalue weighted by Gasteiger charge is 2.05. The highest BCUT2D eigenvalue weighted by molar-refractivity contribution is 9.10. The summed E-state index contributed by atoms with van der Waals surface area (Å²) in [5.74, 6) is 0.692. The van der Waals surface area contributed by atoms with Gasteiger partial charge in [-0.3, -0.25) is 4.79 Å². The zero-order valence-electron chi connectivity index (χ0n) is 21.4. The van der Waals surface area contributed by atoms with Crippen molar-refractivity contribution in [2.75, 3.05) is 0 Å². The van der Waals surface area contributed by atoms with Gasteiger partial charge in [0.05, 0.1) is 6.21 Å². The molecule has 0 heterocycles. The molecule has 0 aliphatic heterocycles. The first kappa shape index (κ1) is 29.1. The average Bonchev–Trinajstić information content (AvgIpc) is 2.87. The van der Waals surface area contributed by atoms with Gasteiger partial charge in [0.2, 0.25) is 5.91 Å². The van der Waals surface area contributed by atoms with Crippen LogP contribution in [0.5, 0.6) is 5.75 Å². The monoisotopic (exact) mass is 542 g/mol. The number of halogens is 1. The Morgan fingerprint density at radius 1 is 0.857 bits per heavy atom. The van der Waals surface area contributed by atoms with Gasteiger partial charge in [-0.15, -0.1) is 0 Å². The topological polar surface area (TPSA) is 50.7 Å². The second-order valence-electron chi connectivity index (χ2n) is 9.24. The summed E-state index contributed by atoms with van der Waals surface area (Å²) in [6, 6.07) is 15.8. The highest BCUT2D eigenvalue weighted by Crippen LogP contribution is 2.23. The largest absolute Gasteiger partial charge is 0.488 e.